The van der Waals surface area contributed by atoms with Crippen molar-refractivity contribution < 1.29 is 18.7 Å². The van der Waals surface area contributed by atoms with Gasteiger partial charge in [-0.25, -0.2) is 9.37 Å². The second-order valence-electron chi connectivity index (χ2n) is 8.05. The van der Waals surface area contributed by atoms with E-state index >= 15 is 0 Å². The van der Waals surface area contributed by atoms with Crippen molar-refractivity contribution in [2.24, 2.45) is 5.92 Å². The fourth-order valence-electron chi connectivity index (χ4n) is 3.97. The van der Waals surface area contributed by atoms with Gasteiger partial charge in [-0.15, -0.1) is 11.8 Å². The minimum atomic E-state index is -0.384. The Balaban J connectivity index is 1.39. The summed E-state index contributed by atoms with van der Waals surface area (Å²) in [6.07, 6.45) is 1.24. The van der Waals surface area contributed by atoms with Gasteiger partial charge >= 0.3 is 5.97 Å². The number of thioether (sulfide) groups is 2. The van der Waals surface area contributed by atoms with Crippen LogP contribution in [-0.2, 0) is 14.3 Å². The molecule has 1 aliphatic heterocycles. The minimum Gasteiger partial charge on any atom is -0.466 e. The average Bonchev–Trinajstić information content (AvgIpc) is 2.88. The first kappa shape index (κ1) is 25.2. The number of nitrogens with zero attached hydrogens (tertiary/aromatic N) is 3. The third kappa shape index (κ3) is 6.05. The second kappa shape index (κ2) is 11.7. The summed E-state index contributed by atoms with van der Waals surface area (Å²) < 4.78 is 20.0. The molecular formula is C25H26FN3O4S2. The Hall–Kier alpha value is -2.85. The largest absolute Gasteiger partial charge is 0.466 e. The monoisotopic (exact) mass is 515 g/mol. The number of rotatable bonds is 8. The summed E-state index contributed by atoms with van der Waals surface area (Å²) in [6.45, 7) is 3.25. The van der Waals surface area contributed by atoms with Crippen molar-refractivity contribution in [3.8, 4) is 5.69 Å². The highest BCUT2D eigenvalue weighted by Gasteiger charge is 2.28. The molecule has 0 saturated carbocycles. The number of hydrogen-bond acceptors (Lipinski definition) is 7. The van der Waals surface area contributed by atoms with Gasteiger partial charge in [0, 0.05) is 18.2 Å². The van der Waals surface area contributed by atoms with Crippen molar-refractivity contribution in [2.75, 3.05) is 30.5 Å². The van der Waals surface area contributed by atoms with E-state index in [9.17, 15) is 18.8 Å². The zero-order valence-electron chi connectivity index (χ0n) is 19.3. The third-order valence-corrected chi connectivity index (χ3v) is 7.92. The number of halogens is 1. The Bertz CT molecular complexity index is 1260. The van der Waals surface area contributed by atoms with Gasteiger partial charge in [-0.05, 0) is 56.2 Å². The van der Waals surface area contributed by atoms with Crippen LogP contribution in [0, 0.1) is 11.7 Å². The number of piperidine rings is 1. The molecule has 0 atom stereocenters. The van der Waals surface area contributed by atoms with Gasteiger partial charge in [-0.3, -0.25) is 19.0 Å². The molecular weight excluding hydrogens is 489 g/mol. The molecule has 2 heterocycles. The summed E-state index contributed by atoms with van der Waals surface area (Å²) in [5.41, 5.74) is 0.891. The quantitative estimate of drug-likeness (QED) is 0.147. The molecule has 0 bridgehead atoms. The van der Waals surface area contributed by atoms with E-state index in [-0.39, 0.29) is 29.2 Å². The zero-order valence-corrected chi connectivity index (χ0v) is 20.9. The number of para-hydroxylation sites is 1. The lowest BCUT2D eigenvalue weighted by Gasteiger charge is -2.30. The summed E-state index contributed by atoms with van der Waals surface area (Å²) in [4.78, 5) is 44.2. The number of likely N-dealkylation sites (tertiary alicyclic amines) is 1. The molecule has 0 aliphatic carbocycles. The molecule has 4 rings (SSSR count). The standard InChI is InChI=1S/C25H26FN3O4S2/c1-2-33-24(32)17-11-13-28(14-12-17)22(30)15-34-16-35-25-27-21-6-4-3-5-20(21)23(31)29(25)19-9-7-18(26)8-10-19/h3-10,17H,2,11-16H2,1H3. The minimum absolute atomic E-state index is 0.0281. The summed E-state index contributed by atoms with van der Waals surface area (Å²) in [6, 6.07) is 12.8. The molecule has 35 heavy (non-hydrogen) atoms. The molecule has 1 fully saturated rings. The lowest BCUT2D eigenvalue weighted by Crippen LogP contribution is -2.41. The molecule has 1 aliphatic rings. The maximum Gasteiger partial charge on any atom is 0.309 e. The first-order valence-electron chi connectivity index (χ1n) is 11.4. The van der Waals surface area contributed by atoms with Crippen molar-refractivity contribution in [3.05, 3.63) is 64.7 Å². The predicted molar refractivity (Wildman–Crippen MR) is 136 cm³/mol. The van der Waals surface area contributed by atoms with E-state index in [4.69, 9.17) is 4.74 Å². The fraction of sp³-hybridized carbons (Fsp3) is 0.360. The SMILES string of the molecule is CCOC(=O)C1CCN(C(=O)CSCSc2nc3ccccc3c(=O)n2-c2ccc(F)cc2)CC1. The highest BCUT2D eigenvalue weighted by Crippen LogP contribution is 2.26. The molecule has 1 amide bonds. The molecule has 7 nitrogen and oxygen atoms in total. The second-order valence-corrected chi connectivity index (χ2v) is 10.3. The van der Waals surface area contributed by atoms with Crippen LogP contribution < -0.4 is 5.56 Å². The number of amides is 1. The van der Waals surface area contributed by atoms with Crippen LogP contribution in [0.1, 0.15) is 19.8 Å². The summed E-state index contributed by atoms with van der Waals surface area (Å²) in [7, 11) is 0. The molecule has 0 radical (unpaired) electrons. The number of fused-ring (bicyclic) bond motifs is 1. The molecule has 2 aromatic carbocycles. The number of hydrogen-bond donors (Lipinski definition) is 0. The van der Waals surface area contributed by atoms with Gasteiger partial charge in [0.1, 0.15) is 5.82 Å². The topological polar surface area (TPSA) is 81.5 Å². The van der Waals surface area contributed by atoms with E-state index in [1.54, 1.807) is 42.2 Å². The van der Waals surface area contributed by atoms with E-state index in [0.717, 1.165) is 0 Å². The predicted octanol–water partition coefficient (Wildman–Crippen LogP) is 4.11. The Morgan fingerprint density at radius 2 is 1.83 bits per heavy atom. The van der Waals surface area contributed by atoms with E-state index in [0.29, 0.717) is 65.1 Å². The number of carbonyl (C=O) groups excluding carboxylic acids is 2. The van der Waals surface area contributed by atoms with Crippen LogP contribution in [0.3, 0.4) is 0 Å². The molecule has 0 N–H and O–H groups in total. The van der Waals surface area contributed by atoms with Crippen LogP contribution in [0.2, 0.25) is 0 Å². The summed E-state index contributed by atoms with van der Waals surface area (Å²) in [5.74, 6) is -0.374. The zero-order chi connectivity index (χ0) is 24.8. The van der Waals surface area contributed by atoms with Gasteiger partial charge in [-0.1, -0.05) is 23.9 Å². The van der Waals surface area contributed by atoms with E-state index < -0.39 is 0 Å². The van der Waals surface area contributed by atoms with Gasteiger partial charge in [-0.2, -0.15) is 0 Å². The lowest BCUT2D eigenvalue weighted by molar-refractivity contribution is -0.151. The van der Waals surface area contributed by atoms with Gasteiger partial charge in [0.05, 0.1) is 34.9 Å². The molecule has 184 valence electrons. The molecule has 10 heteroatoms. The summed E-state index contributed by atoms with van der Waals surface area (Å²) >= 11 is 2.81. The van der Waals surface area contributed by atoms with Gasteiger partial charge in [0.25, 0.3) is 5.56 Å². The normalized spacial score (nSPS) is 14.3. The number of benzene rings is 2. The fourth-order valence-corrected chi connectivity index (χ4v) is 5.89. The van der Waals surface area contributed by atoms with Crippen molar-refractivity contribution in [2.45, 2.75) is 24.9 Å². The number of aromatic nitrogens is 2. The maximum atomic E-state index is 13.5. The summed E-state index contributed by atoms with van der Waals surface area (Å²) in [5, 5.41) is 1.47. The average molecular weight is 516 g/mol. The van der Waals surface area contributed by atoms with E-state index in [1.807, 2.05) is 6.07 Å². The molecule has 1 aromatic heterocycles. The Labute approximate surface area is 211 Å². The van der Waals surface area contributed by atoms with Crippen molar-refractivity contribution in [3.63, 3.8) is 0 Å². The first-order valence-corrected chi connectivity index (χ1v) is 13.5. The first-order chi connectivity index (χ1) is 17.0. The molecule has 0 unspecified atom stereocenters. The number of carbonyl (C=O) groups is 2. The highest BCUT2D eigenvalue weighted by atomic mass is 32.2. The van der Waals surface area contributed by atoms with Gasteiger partial charge in [0.15, 0.2) is 5.16 Å². The Morgan fingerprint density at radius 3 is 2.54 bits per heavy atom. The van der Waals surface area contributed by atoms with E-state index in [1.165, 1.54) is 40.2 Å². The van der Waals surface area contributed by atoms with Crippen LogP contribution >= 0.6 is 23.5 Å². The molecule has 3 aromatic rings. The Kier molecular flexibility index (Phi) is 8.46. The molecule has 1 saturated heterocycles. The smallest absolute Gasteiger partial charge is 0.309 e. The van der Waals surface area contributed by atoms with Crippen LogP contribution in [0.5, 0.6) is 0 Å². The Morgan fingerprint density at radius 1 is 1.11 bits per heavy atom. The van der Waals surface area contributed by atoms with Crippen LogP contribution in [0.25, 0.3) is 16.6 Å². The lowest BCUT2D eigenvalue weighted by atomic mass is 9.97. The van der Waals surface area contributed by atoms with Gasteiger partial charge in [0.2, 0.25) is 5.91 Å². The van der Waals surface area contributed by atoms with Crippen molar-refractivity contribution >= 4 is 46.3 Å². The maximum absolute atomic E-state index is 13.5. The molecule has 0 spiro atoms. The van der Waals surface area contributed by atoms with Crippen LogP contribution in [-0.4, -0.2) is 56.9 Å². The van der Waals surface area contributed by atoms with Crippen molar-refractivity contribution in [1.82, 2.24) is 14.5 Å². The highest BCUT2D eigenvalue weighted by molar-refractivity contribution is 8.16. The van der Waals surface area contributed by atoms with Gasteiger partial charge < -0.3 is 9.64 Å². The number of ether oxygens (including phenoxy) is 1. The van der Waals surface area contributed by atoms with Crippen LogP contribution in [0.15, 0.2) is 58.5 Å². The number of esters is 1. The van der Waals surface area contributed by atoms with Crippen LogP contribution in [0.4, 0.5) is 4.39 Å². The third-order valence-electron chi connectivity index (χ3n) is 5.79. The van der Waals surface area contributed by atoms with E-state index in [2.05, 4.69) is 4.98 Å². The van der Waals surface area contributed by atoms with Crippen molar-refractivity contribution in [1.29, 1.82) is 0 Å².